The Labute approximate surface area is 118 Å². The zero-order valence-corrected chi connectivity index (χ0v) is 11.9. The second-order valence-electron chi connectivity index (χ2n) is 4.44. The van der Waals surface area contributed by atoms with Gasteiger partial charge in [0.1, 0.15) is 4.60 Å². The Balaban J connectivity index is 2.33. The molecule has 98 valence electrons. The van der Waals surface area contributed by atoms with Crippen molar-refractivity contribution < 1.29 is 9.53 Å². The normalized spacial score (nSPS) is 14.1. The van der Waals surface area contributed by atoms with Crippen molar-refractivity contribution in [1.29, 1.82) is 0 Å². The number of carbonyl (C=O) groups is 1. The van der Waals surface area contributed by atoms with Crippen molar-refractivity contribution in [2.24, 2.45) is 5.73 Å². The van der Waals surface area contributed by atoms with Gasteiger partial charge in [0.25, 0.3) is 0 Å². The number of halogens is 1. The van der Waals surface area contributed by atoms with Crippen LogP contribution in [0.3, 0.4) is 0 Å². The average molecular weight is 322 g/mol. The van der Waals surface area contributed by atoms with Crippen LogP contribution in [-0.4, -0.2) is 23.0 Å². The molecule has 0 radical (unpaired) electrons. The van der Waals surface area contributed by atoms with E-state index >= 15 is 0 Å². The van der Waals surface area contributed by atoms with Gasteiger partial charge in [-0.25, -0.2) is 9.78 Å². The number of hydrogen-bond acceptors (Lipinski definition) is 4. The summed E-state index contributed by atoms with van der Waals surface area (Å²) in [5.41, 5.74) is 10.7. The van der Waals surface area contributed by atoms with Gasteiger partial charge in [-0.3, -0.25) is 0 Å². The van der Waals surface area contributed by atoms with Crippen LogP contribution >= 0.6 is 15.9 Å². The van der Waals surface area contributed by atoms with E-state index in [0.717, 1.165) is 35.3 Å². The van der Waals surface area contributed by atoms with Gasteiger partial charge in [-0.05, 0) is 40.9 Å². The highest BCUT2D eigenvalue weighted by Crippen LogP contribution is 2.31. The molecule has 0 aromatic carbocycles. The molecule has 1 aliphatic carbocycles. The Hall–Kier alpha value is -1.82. The molecule has 0 unspecified atom stereocenters. The number of fused-ring (bicyclic) bond motifs is 3. The molecule has 19 heavy (non-hydrogen) atoms. The van der Waals surface area contributed by atoms with Crippen LogP contribution in [0.15, 0.2) is 16.4 Å². The molecular formula is C13H12BrN3O2. The fraction of sp³-hybridized carbons (Fsp3) is 0.231. The van der Waals surface area contributed by atoms with Crippen molar-refractivity contribution in [2.45, 2.75) is 12.8 Å². The second kappa shape index (κ2) is 4.38. The quantitative estimate of drug-likeness (QED) is 0.624. The molecule has 5 nitrogen and oxygen atoms in total. The molecule has 0 bridgehead atoms. The second-order valence-corrected chi connectivity index (χ2v) is 5.26. The lowest BCUT2D eigenvalue weighted by Gasteiger charge is -2.08. The molecule has 1 aliphatic rings. The summed E-state index contributed by atoms with van der Waals surface area (Å²) in [5, 5.41) is 0. The number of methoxy groups -OCH3 is 1. The Morgan fingerprint density at radius 3 is 3.05 bits per heavy atom. The Kier molecular flexibility index (Phi) is 2.82. The number of nitrogens with one attached hydrogen (secondary N) is 1. The summed E-state index contributed by atoms with van der Waals surface area (Å²) < 4.78 is 5.42. The molecular weight excluding hydrogens is 310 g/mol. The lowest BCUT2D eigenvalue weighted by Crippen LogP contribution is -2.05. The third kappa shape index (κ3) is 1.92. The lowest BCUT2D eigenvalue weighted by atomic mass is 10.0. The van der Waals surface area contributed by atoms with Gasteiger partial charge in [0.05, 0.1) is 23.7 Å². The fourth-order valence-corrected chi connectivity index (χ4v) is 2.78. The van der Waals surface area contributed by atoms with Crippen molar-refractivity contribution in [3.8, 4) is 0 Å². The summed E-state index contributed by atoms with van der Waals surface area (Å²) in [4.78, 5) is 19.5. The summed E-state index contributed by atoms with van der Waals surface area (Å²) in [5.74, 6) is -0.386. The van der Waals surface area contributed by atoms with Crippen LogP contribution in [0.5, 0.6) is 0 Å². The molecule has 3 rings (SSSR count). The number of aromatic amines is 1. The summed E-state index contributed by atoms with van der Waals surface area (Å²) in [6.45, 7) is 0. The number of ether oxygens (including phenoxy) is 1. The number of carbonyl (C=O) groups excluding carboxylic acids is 1. The molecule has 0 fully saturated rings. The minimum absolute atomic E-state index is 0.386. The summed E-state index contributed by atoms with van der Waals surface area (Å²) in [6.07, 6.45) is 3.53. The zero-order valence-electron chi connectivity index (χ0n) is 10.3. The van der Waals surface area contributed by atoms with Crippen LogP contribution < -0.4 is 5.73 Å². The topological polar surface area (TPSA) is 81.0 Å². The first-order valence-corrected chi connectivity index (χ1v) is 6.65. The van der Waals surface area contributed by atoms with Gasteiger partial charge in [0.2, 0.25) is 0 Å². The number of pyridine rings is 1. The van der Waals surface area contributed by atoms with Gasteiger partial charge in [-0.2, -0.15) is 0 Å². The Morgan fingerprint density at radius 1 is 1.53 bits per heavy atom. The van der Waals surface area contributed by atoms with Crippen LogP contribution in [0.25, 0.3) is 17.1 Å². The molecule has 0 atom stereocenters. The SMILES string of the molecule is COC(=O)c1cc(Br)nc2c3c([nH]c12)C=C(N)CC3. The summed E-state index contributed by atoms with van der Waals surface area (Å²) in [7, 11) is 1.36. The van der Waals surface area contributed by atoms with Gasteiger partial charge in [0, 0.05) is 17.0 Å². The van der Waals surface area contributed by atoms with Crippen LogP contribution in [-0.2, 0) is 11.2 Å². The van der Waals surface area contributed by atoms with Crippen LogP contribution in [0, 0.1) is 0 Å². The predicted octanol–water partition coefficient (Wildman–Crippen LogP) is 2.36. The van der Waals surface area contributed by atoms with Gasteiger partial charge >= 0.3 is 5.97 Å². The highest BCUT2D eigenvalue weighted by molar-refractivity contribution is 9.10. The van der Waals surface area contributed by atoms with E-state index in [1.165, 1.54) is 7.11 Å². The van der Waals surface area contributed by atoms with Gasteiger partial charge < -0.3 is 15.5 Å². The van der Waals surface area contributed by atoms with E-state index in [9.17, 15) is 4.79 Å². The average Bonchev–Trinajstić information content (AvgIpc) is 2.74. The molecule has 0 amide bonds. The lowest BCUT2D eigenvalue weighted by molar-refractivity contribution is 0.0602. The first-order valence-electron chi connectivity index (χ1n) is 5.85. The minimum atomic E-state index is -0.386. The van der Waals surface area contributed by atoms with Crippen LogP contribution in [0.4, 0.5) is 0 Å². The smallest absolute Gasteiger partial charge is 0.340 e. The first-order chi connectivity index (χ1) is 9.10. The van der Waals surface area contributed by atoms with E-state index in [-0.39, 0.29) is 5.97 Å². The Morgan fingerprint density at radius 2 is 2.32 bits per heavy atom. The first kappa shape index (κ1) is 12.2. The van der Waals surface area contributed by atoms with E-state index in [4.69, 9.17) is 10.5 Å². The monoisotopic (exact) mass is 321 g/mol. The molecule has 6 heteroatoms. The summed E-state index contributed by atoms with van der Waals surface area (Å²) in [6, 6.07) is 1.66. The maximum absolute atomic E-state index is 11.8. The maximum Gasteiger partial charge on any atom is 0.340 e. The van der Waals surface area contributed by atoms with Gasteiger partial charge in [-0.15, -0.1) is 0 Å². The number of esters is 1. The maximum atomic E-state index is 11.8. The third-order valence-electron chi connectivity index (χ3n) is 3.26. The molecule has 0 saturated heterocycles. The third-order valence-corrected chi connectivity index (χ3v) is 3.66. The highest BCUT2D eigenvalue weighted by atomic mass is 79.9. The standard InChI is InChI=1S/C13H12BrN3O2/c1-19-13(18)8-5-10(14)17-11-7-3-2-6(15)4-9(7)16-12(8)11/h4-5,16H,2-3,15H2,1H3. The van der Waals surface area contributed by atoms with Gasteiger partial charge in [0.15, 0.2) is 0 Å². The molecule has 0 spiro atoms. The van der Waals surface area contributed by atoms with E-state index in [2.05, 4.69) is 25.9 Å². The fourth-order valence-electron chi connectivity index (χ4n) is 2.37. The van der Waals surface area contributed by atoms with Crippen LogP contribution in [0.1, 0.15) is 28.0 Å². The molecule has 2 heterocycles. The number of aromatic nitrogens is 2. The molecule has 2 aromatic heterocycles. The number of nitrogens with zero attached hydrogens (tertiary/aromatic N) is 1. The number of hydrogen-bond donors (Lipinski definition) is 2. The van der Waals surface area contributed by atoms with Crippen molar-refractivity contribution >= 4 is 39.0 Å². The molecule has 3 N–H and O–H groups in total. The van der Waals surface area contributed by atoms with E-state index in [1.54, 1.807) is 6.07 Å². The molecule has 2 aromatic rings. The number of nitrogens with two attached hydrogens (primary N) is 1. The number of H-pyrrole nitrogens is 1. The zero-order chi connectivity index (χ0) is 13.6. The molecule has 0 aliphatic heterocycles. The number of rotatable bonds is 1. The van der Waals surface area contributed by atoms with E-state index in [1.807, 2.05) is 6.08 Å². The summed E-state index contributed by atoms with van der Waals surface area (Å²) >= 11 is 3.33. The van der Waals surface area contributed by atoms with E-state index in [0.29, 0.717) is 15.7 Å². The number of aryl methyl sites for hydroxylation is 1. The van der Waals surface area contributed by atoms with Crippen LogP contribution in [0.2, 0.25) is 0 Å². The minimum Gasteiger partial charge on any atom is -0.465 e. The van der Waals surface area contributed by atoms with Gasteiger partial charge in [-0.1, -0.05) is 0 Å². The number of allylic oxidation sites excluding steroid dienone is 1. The highest BCUT2D eigenvalue weighted by Gasteiger charge is 2.21. The van der Waals surface area contributed by atoms with Crippen molar-refractivity contribution in [3.63, 3.8) is 0 Å². The van der Waals surface area contributed by atoms with Crippen molar-refractivity contribution in [2.75, 3.05) is 7.11 Å². The van der Waals surface area contributed by atoms with Crippen molar-refractivity contribution in [3.05, 3.63) is 33.2 Å². The van der Waals surface area contributed by atoms with E-state index < -0.39 is 0 Å². The predicted molar refractivity (Wildman–Crippen MR) is 75.6 cm³/mol. The largest absolute Gasteiger partial charge is 0.465 e. The Bertz CT molecular complexity index is 718. The van der Waals surface area contributed by atoms with Crippen molar-refractivity contribution in [1.82, 2.24) is 9.97 Å². The molecule has 0 saturated carbocycles.